The molecule has 0 aromatic carbocycles. The molecular formula is C14H21N3O3. The lowest BCUT2D eigenvalue weighted by Gasteiger charge is -2.39. The highest BCUT2D eigenvalue weighted by Crippen LogP contribution is 2.27. The Morgan fingerprint density at radius 3 is 2.85 bits per heavy atom. The molecule has 1 aliphatic heterocycles. The van der Waals surface area contributed by atoms with Crippen LogP contribution in [-0.4, -0.2) is 40.9 Å². The molecule has 0 fully saturated rings. The third-order valence-corrected chi connectivity index (χ3v) is 3.33. The van der Waals surface area contributed by atoms with Crippen molar-refractivity contribution in [1.82, 2.24) is 10.3 Å². The van der Waals surface area contributed by atoms with Crippen molar-refractivity contribution in [2.24, 2.45) is 16.9 Å². The molecule has 0 aromatic heterocycles. The summed E-state index contributed by atoms with van der Waals surface area (Å²) >= 11 is 0. The van der Waals surface area contributed by atoms with E-state index in [4.69, 9.17) is 0 Å². The number of nitrogens with one attached hydrogen (secondary N) is 1. The van der Waals surface area contributed by atoms with Gasteiger partial charge in [-0.2, -0.15) is 5.10 Å². The highest BCUT2D eigenvalue weighted by atomic mass is 16.3. The second-order valence-electron chi connectivity index (χ2n) is 4.52. The average molecular weight is 279 g/mol. The van der Waals surface area contributed by atoms with Crippen LogP contribution in [0.5, 0.6) is 0 Å². The number of hydrogen-bond donors (Lipinski definition) is 2. The molecule has 2 N–H and O–H groups in total. The van der Waals surface area contributed by atoms with E-state index in [-0.39, 0.29) is 11.8 Å². The molecule has 4 atom stereocenters. The minimum atomic E-state index is -0.943. The van der Waals surface area contributed by atoms with Crippen LogP contribution in [0.3, 0.4) is 0 Å². The largest absolute Gasteiger partial charge is 0.371 e. The van der Waals surface area contributed by atoms with E-state index in [0.717, 1.165) is 0 Å². The number of imide groups is 1. The van der Waals surface area contributed by atoms with E-state index in [9.17, 15) is 14.7 Å². The van der Waals surface area contributed by atoms with Gasteiger partial charge in [0.1, 0.15) is 6.04 Å². The maximum Gasteiger partial charge on any atom is 0.250 e. The van der Waals surface area contributed by atoms with Gasteiger partial charge < -0.3 is 5.11 Å². The smallest absolute Gasteiger partial charge is 0.250 e. The SMILES string of the molecule is C=CC1C=NN(C(CC)C(=O)NC=O)C(O)C1/C=C\C. The van der Waals surface area contributed by atoms with E-state index in [0.29, 0.717) is 12.8 Å². The number of aliphatic hydroxyl groups is 1. The minimum absolute atomic E-state index is 0.0934. The molecule has 2 amide bonds. The number of allylic oxidation sites excluding steroid dienone is 2. The third-order valence-electron chi connectivity index (χ3n) is 3.33. The van der Waals surface area contributed by atoms with Gasteiger partial charge in [-0.15, -0.1) is 6.58 Å². The van der Waals surface area contributed by atoms with Crippen molar-refractivity contribution in [3.63, 3.8) is 0 Å². The summed E-state index contributed by atoms with van der Waals surface area (Å²) in [6, 6.07) is -0.690. The topological polar surface area (TPSA) is 82.0 Å². The lowest BCUT2D eigenvalue weighted by atomic mass is 9.89. The van der Waals surface area contributed by atoms with Crippen molar-refractivity contribution < 1.29 is 14.7 Å². The minimum Gasteiger partial charge on any atom is -0.371 e. The van der Waals surface area contributed by atoms with Crippen LogP contribution in [0.1, 0.15) is 20.3 Å². The first-order valence-corrected chi connectivity index (χ1v) is 6.60. The first-order valence-electron chi connectivity index (χ1n) is 6.60. The summed E-state index contributed by atoms with van der Waals surface area (Å²) in [5, 5.41) is 18.0. The molecule has 1 aliphatic rings. The molecule has 0 aromatic rings. The summed E-state index contributed by atoms with van der Waals surface area (Å²) in [4.78, 5) is 22.2. The molecule has 20 heavy (non-hydrogen) atoms. The van der Waals surface area contributed by atoms with Crippen molar-refractivity contribution in [2.45, 2.75) is 32.5 Å². The van der Waals surface area contributed by atoms with Gasteiger partial charge >= 0.3 is 0 Å². The van der Waals surface area contributed by atoms with Gasteiger partial charge in [0.05, 0.1) is 0 Å². The zero-order chi connectivity index (χ0) is 15.1. The first kappa shape index (κ1) is 16.1. The fraction of sp³-hybridized carbons (Fsp3) is 0.500. The molecule has 4 unspecified atom stereocenters. The maximum absolute atomic E-state index is 11.8. The van der Waals surface area contributed by atoms with Crippen LogP contribution < -0.4 is 5.32 Å². The highest BCUT2D eigenvalue weighted by Gasteiger charge is 2.37. The molecular weight excluding hydrogens is 258 g/mol. The predicted molar refractivity (Wildman–Crippen MR) is 76.6 cm³/mol. The van der Waals surface area contributed by atoms with Crippen molar-refractivity contribution >= 4 is 18.5 Å². The van der Waals surface area contributed by atoms with Crippen LogP contribution in [0, 0.1) is 11.8 Å². The van der Waals surface area contributed by atoms with Crippen LogP contribution in [0.2, 0.25) is 0 Å². The molecule has 110 valence electrons. The highest BCUT2D eigenvalue weighted by molar-refractivity contribution is 5.90. The Morgan fingerprint density at radius 2 is 2.35 bits per heavy atom. The summed E-state index contributed by atoms with van der Waals surface area (Å²) in [6.45, 7) is 7.38. The summed E-state index contributed by atoms with van der Waals surface area (Å²) in [5.74, 6) is -0.799. The number of nitrogens with zero attached hydrogens (tertiary/aromatic N) is 2. The van der Waals surface area contributed by atoms with Crippen molar-refractivity contribution in [3.8, 4) is 0 Å². The second kappa shape index (κ2) is 7.59. The Bertz CT molecular complexity index is 420. The van der Waals surface area contributed by atoms with Crippen LogP contribution in [-0.2, 0) is 9.59 Å². The van der Waals surface area contributed by atoms with Gasteiger partial charge in [-0.1, -0.05) is 25.2 Å². The standard InChI is InChI=1S/C14H21N3O3/c1-4-7-11-10(5-2)8-16-17(14(11)20)12(6-3)13(19)15-9-18/h4-5,7-12,14,20H,2,6H2,1,3H3,(H,15,18,19)/b7-4-. The molecule has 0 saturated heterocycles. The number of hydrazone groups is 1. The van der Waals surface area contributed by atoms with E-state index in [1.165, 1.54) is 5.01 Å². The summed E-state index contributed by atoms with van der Waals surface area (Å²) in [5.41, 5.74) is 0. The number of aliphatic hydroxyl groups excluding tert-OH is 1. The van der Waals surface area contributed by atoms with Gasteiger partial charge in [0, 0.05) is 18.1 Å². The first-order chi connectivity index (χ1) is 9.60. The Hall–Kier alpha value is -1.95. The number of carbonyl (C=O) groups excluding carboxylic acids is 2. The maximum atomic E-state index is 11.8. The average Bonchev–Trinajstić information content (AvgIpc) is 2.44. The Labute approximate surface area is 118 Å². The number of carbonyl (C=O) groups is 2. The number of hydrogen-bond acceptors (Lipinski definition) is 5. The van der Waals surface area contributed by atoms with Gasteiger partial charge in [0.25, 0.3) is 5.91 Å². The van der Waals surface area contributed by atoms with E-state index in [2.05, 4.69) is 17.0 Å². The lowest BCUT2D eigenvalue weighted by molar-refractivity contribution is -0.137. The van der Waals surface area contributed by atoms with E-state index in [1.807, 2.05) is 19.1 Å². The molecule has 6 heteroatoms. The van der Waals surface area contributed by atoms with Gasteiger partial charge in [-0.05, 0) is 13.3 Å². The molecule has 1 rings (SSSR count). The van der Waals surface area contributed by atoms with Crippen LogP contribution in [0.15, 0.2) is 29.9 Å². The molecule has 0 aliphatic carbocycles. The zero-order valence-corrected chi connectivity index (χ0v) is 11.8. The normalized spacial score (nSPS) is 27.4. The molecule has 0 bridgehead atoms. The fourth-order valence-corrected chi connectivity index (χ4v) is 2.28. The second-order valence-corrected chi connectivity index (χ2v) is 4.52. The third kappa shape index (κ3) is 3.33. The van der Waals surface area contributed by atoms with Crippen LogP contribution >= 0.6 is 0 Å². The lowest BCUT2D eigenvalue weighted by Crippen LogP contribution is -2.53. The molecule has 1 heterocycles. The van der Waals surface area contributed by atoms with Crippen LogP contribution in [0.4, 0.5) is 0 Å². The quantitative estimate of drug-likeness (QED) is 0.552. The number of amides is 2. The number of rotatable bonds is 6. The molecule has 6 nitrogen and oxygen atoms in total. The molecule has 0 spiro atoms. The van der Waals surface area contributed by atoms with E-state index in [1.54, 1.807) is 19.2 Å². The Kier molecular flexibility index (Phi) is 6.11. The molecule has 0 radical (unpaired) electrons. The van der Waals surface area contributed by atoms with E-state index >= 15 is 0 Å². The van der Waals surface area contributed by atoms with Gasteiger partial charge in [-0.25, -0.2) is 0 Å². The summed E-state index contributed by atoms with van der Waals surface area (Å²) in [7, 11) is 0. The van der Waals surface area contributed by atoms with Crippen molar-refractivity contribution in [1.29, 1.82) is 0 Å². The Balaban J connectivity index is 3.02. The predicted octanol–water partition coefficient (Wildman–Crippen LogP) is 0.652. The zero-order valence-electron chi connectivity index (χ0n) is 11.8. The monoisotopic (exact) mass is 279 g/mol. The summed E-state index contributed by atoms with van der Waals surface area (Å²) < 4.78 is 0. The Morgan fingerprint density at radius 1 is 1.65 bits per heavy atom. The van der Waals surface area contributed by atoms with Gasteiger partial charge in [0.15, 0.2) is 6.23 Å². The summed E-state index contributed by atoms with van der Waals surface area (Å²) in [6.07, 6.45) is 6.88. The van der Waals surface area contributed by atoms with Gasteiger partial charge in [-0.3, -0.25) is 19.9 Å². The van der Waals surface area contributed by atoms with E-state index < -0.39 is 18.2 Å². The van der Waals surface area contributed by atoms with Gasteiger partial charge in [0.2, 0.25) is 6.41 Å². The molecule has 0 saturated carbocycles. The van der Waals surface area contributed by atoms with Crippen LogP contribution in [0.25, 0.3) is 0 Å². The fourth-order valence-electron chi connectivity index (χ4n) is 2.28. The van der Waals surface area contributed by atoms with Crippen molar-refractivity contribution in [2.75, 3.05) is 0 Å². The van der Waals surface area contributed by atoms with Crippen molar-refractivity contribution in [3.05, 3.63) is 24.8 Å².